The Morgan fingerprint density at radius 3 is 2.74 bits per heavy atom. The predicted molar refractivity (Wildman–Crippen MR) is 104 cm³/mol. The maximum atomic E-state index is 12.9. The van der Waals surface area contributed by atoms with Gasteiger partial charge in [0.15, 0.2) is 5.58 Å². The van der Waals surface area contributed by atoms with Crippen LogP contribution in [0.2, 0.25) is 0 Å². The lowest BCUT2D eigenvalue weighted by Gasteiger charge is -2.29. The number of para-hydroxylation sites is 2. The Morgan fingerprint density at radius 1 is 1.22 bits per heavy atom. The third-order valence-electron chi connectivity index (χ3n) is 4.68. The highest BCUT2D eigenvalue weighted by molar-refractivity contribution is 7.92. The summed E-state index contributed by atoms with van der Waals surface area (Å²) in [5.41, 5.74) is 3.25. The molecule has 0 radical (unpaired) electrons. The average Bonchev–Trinajstić information content (AvgIpc) is 3.09. The first-order valence-electron chi connectivity index (χ1n) is 8.59. The van der Waals surface area contributed by atoms with Gasteiger partial charge in [0.25, 0.3) is 5.91 Å². The average molecular weight is 385 g/mol. The maximum Gasteiger partial charge on any atom is 0.305 e. The zero-order valence-corrected chi connectivity index (χ0v) is 15.9. The number of nitrogens with zero attached hydrogens (tertiary/aromatic N) is 3. The molecule has 1 amide bonds. The van der Waals surface area contributed by atoms with Gasteiger partial charge in [-0.3, -0.25) is 14.0 Å². The van der Waals surface area contributed by atoms with Gasteiger partial charge in [-0.1, -0.05) is 12.1 Å². The summed E-state index contributed by atoms with van der Waals surface area (Å²) in [6.07, 6.45) is 2.65. The minimum Gasteiger partial charge on any atom is -0.423 e. The number of aromatic nitrogens is 1. The first-order chi connectivity index (χ1) is 12.8. The van der Waals surface area contributed by atoms with Crippen molar-refractivity contribution in [3.8, 4) is 0 Å². The van der Waals surface area contributed by atoms with E-state index in [1.807, 2.05) is 18.2 Å². The molecular formula is C19H19N3O4S. The fraction of sp³-hybridized carbons (Fsp3) is 0.263. The molecule has 3 aromatic rings. The molecule has 0 saturated heterocycles. The minimum atomic E-state index is -3.33. The molecule has 2 heterocycles. The van der Waals surface area contributed by atoms with Gasteiger partial charge in [0, 0.05) is 19.2 Å². The molecule has 2 aromatic carbocycles. The van der Waals surface area contributed by atoms with Gasteiger partial charge in [0.05, 0.1) is 11.9 Å². The van der Waals surface area contributed by atoms with Crippen molar-refractivity contribution in [2.45, 2.75) is 12.8 Å². The molecule has 0 spiro atoms. The first kappa shape index (κ1) is 17.5. The van der Waals surface area contributed by atoms with E-state index in [0.29, 0.717) is 28.9 Å². The summed E-state index contributed by atoms with van der Waals surface area (Å²) in [5, 5.41) is 0. The molecule has 27 heavy (non-hydrogen) atoms. The van der Waals surface area contributed by atoms with Crippen molar-refractivity contribution < 1.29 is 17.6 Å². The van der Waals surface area contributed by atoms with Crippen molar-refractivity contribution in [1.82, 2.24) is 4.98 Å². The lowest BCUT2D eigenvalue weighted by molar-refractivity contribution is 0.0988. The number of hydrogen-bond donors (Lipinski definition) is 0. The van der Waals surface area contributed by atoms with Crippen molar-refractivity contribution in [2.24, 2.45) is 0 Å². The standard InChI is InChI=1S/C19H19N3O4S/c1-21(19-20-15-7-3-4-8-17(15)26-19)18(23)14-9-10-16-13(12-14)6-5-11-22(16)27(2,24)25/h3-4,7-10,12H,5-6,11H2,1-2H3. The van der Waals surface area contributed by atoms with Crippen LogP contribution in [0.15, 0.2) is 46.9 Å². The lowest BCUT2D eigenvalue weighted by Crippen LogP contribution is -2.35. The summed E-state index contributed by atoms with van der Waals surface area (Å²) in [6, 6.07) is 12.6. The normalized spacial score (nSPS) is 14.2. The quantitative estimate of drug-likeness (QED) is 0.692. The summed E-state index contributed by atoms with van der Waals surface area (Å²) < 4.78 is 31.0. The molecule has 140 valence electrons. The minimum absolute atomic E-state index is 0.219. The number of aryl methyl sites for hydroxylation is 1. The second-order valence-corrected chi connectivity index (χ2v) is 8.52. The van der Waals surface area contributed by atoms with Gasteiger partial charge >= 0.3 is 6.01 Å². The van der Waals surface area contributed by atoms with Gasteiger partial charge in [-0.15, -0.1) is 0 Å². The number of oxazole rings is 1. The van der Waals surface area contributed by atoms with Gasteiger partial charge in [0.2, 0.25) is 10.0 Å². The SMILES string of the molecule is CN(C(=O)c1ccc2c(c1)CCCN2S(C)(=O)=O)c1nc2ccccc2o1. The Labute approximate surface area is 157 Å². The zero-order chi connectivity index (χ0) is 19.2. The number of benzene rings is 2. The molecule has 0 unspecified atom stereocenters. The molecule has 0 aliphatic carbocycles. The lowest BCUT2D eigenvalue weighted by atomic mass is 10.0. The molecule has 8 heteroatoms. The number of sulfonamides is 1. The van der Waals surface area contributed by atoms with Crippen LogP contribution in [0.1, 0.15) is 22.3 Å². The van der Waals surface area contributed by atoms with E-state index in [1.165, 1.54) is 15.5 Å². The fourth-order valence-corrected chi connectivity index (χ4v) is 4.32. The molecule has 1 aliphatic rings. The Bertz CT molecular complexity index is 1100. The molecule has 0 atom stereocenters. The summed E-state index contributed by atoms with van der Waals surface area (Å²) in [5.74, 6) is -0.263. The van der Waals surface area contributed by atoms with Gasteiger partial charge in [-0.05, 0) is 48.7 Å². The van der Waals surface area contributed by atoms with Crippen molar-refractivity contribution >= 4 is 38.7 Å². The molecule has 0 saturated carbocycles. The Morgan fingerprint density at radius 2 is 2.00 bits per heavy atom. The van der Waals surface area contributed by atoms with Crippen molar-refractivity contribution in [3.05, 3.63) is 53.6 Å². The molecule has 4 rings (SSSR count). The van der Waals surface area contributed by atoms with Gasteiger partial charge in [-0.2, -0.15) is 4.98 Å². The highest BCUT2D eigenvalue weighted by atomic mass is 32.2. The Kier molecular flexibility index (Phi) is 4.15. The third-order valence-corrected chi connectivity index (χ3v) is 5.86. The van der Waals surface area contributed by atoms with Gasteiger partial charge in [0.1, 0.15) is 5.52 Å². The predicted octanol–water partition coefficient (Wildman–Crippen LogP) is 2.82. The van der Waals surface area contributed by atoms with Crippen molar-refractivity contribution in [1.29, 1.82) is 0 Å². The van der Waals surface area contributed by atoms with Crippen LogP contribution in [-0.4, -0.2) is 39.2 Å². The number of anilines is 2. The Balaban J connectivity index is 1.66. The zero-order valence-electron chi connectivity index (χ0n) is 15.0. The monoisotopic (exact) mass is 385 g/mol. The highest BCUT2D eigenvalue weighted by Gasteiger charge is 2.26. The van der Waals surface area contributed by atoms with Crippen LogP contribution in [0.4, 0.5) is 11.7 Å². The number of carbonyl (C=O) groups is 1. The third kappa shape index (κ3) is 3.16. The van der Waals surface area contributed by atoms with Gasteiger partial charge in [-0.25, -0.2) is 8.42 Å². The van der Waals surface area contributed by atoms with Crippen molar-refractivity contribution in [3.63, 3.8) is 0 Å². The first-order valence-corrected chi connectivity index (χ1v) is 10.4. The summed E-state index contributed by atoms with van der Waals surface area (Å²) in [6.45, 7) is 0.460. The summed E-state index contributed by atoms with van der Waals surface area (Å²) in [4.78, 5) is 18.6. The molecule has 1 aromatic heterocycles. The van der Waals surface area contributed by atoms with E-state index in [2.05, 4.69) is 4.98 Å². The van der Waals surface area contributed by atoms with E-state index in [1.54, 1.807) is 31.3 Å². The van der Waals surface area contributed by atoms with Crippen LogP contribution < -0.4 is 9.21 Å². The van der Waals surface area contributed by atoms with E-state index in [0.717, 1.165) is 18.4 Å². The topological polar surface area (TPSA) is 83.7 Å². The number of amides is 1. The Hall–Kier alpha value is -2.87. The van der Waals surface area contributed by atoms with E-state index < -0.39 is 10.0 Å². The molecule has 1 aliphatic heterocycles. The van der Waals surface area contributed by atoms with Crippen LogP contribution >= 0.6 is 0 Å². The van der Waals surface area contributed by atoms with Crippen LogP contribution in [0.3, 0.4) is 0 Å². The molecular weight excluding hydrogens is 366 g/mol. The molecule has 0 N–H and O–H groups in total. The van der Waals surface area contributed by atoms with E-state index in [4.69, 9.17) is 4.42 Å². The highest BCUT2D eigenvalue weighted by Crippen LogP contribution is 2.30. The van der Waals surface area contributed by atoms with E-state index in [-0.39, 0.29) is 11.9 Å². The molecule has 0 fully saturated rings. The number of fused-ring (bicyclic) bond motifs is 2. The molecule has 7 nitrogen and oxygen atoms in total. The van der Waals surface area contributed by atoms with Gasteiger partial charge < -0.3 is 4.42 Å². The number of rotatable bonds is 3. The van der Waals surface area contributed by atoms with Crippen molar-refractivity contribution in [2.75, 3.05) is 29.1 Å². The van der Waals surface area contributed by atoms with Crippen LogP contribution in [0.5, 0.6) is 0 Å². The second-order valence-electron chi connectivity index (χ2n) is 6.61. The van der Waals surface area contributed by atoms with Crippen LogP contribution in [0, 0.1) is 0 Å². The van der Waals surface area contributed by atoms with E-state index in [9.17, 15) is 13.2 Å². The summed E-state index contributed by atoms with van der Waals surface area (Å²) >= 11 is 0. The largest absolute Gasteiger partial charge is 0.423 e. The number of hydrogen-bond acceptors (Lipinski definition) is 5. The smallest absolute Gasteiger partial charge is 0.305 e. The second kappa shape index (κ2) is 6.38. The summed E-state index contributed by atoms with van der Waals surface area (Å²) in [7, 11) is -1.73. The van der Waals surface area contributed by atoms with E-state index >= 15 is 0 Å². The maximum absolute atomic E-state index is 12.9. The van der Waals surface area contributed by atoms with Crippen LogP contribution in [0.25, 0.3) is 11.1 Å². The number of carbonyl (C=O) groups excluding carboxylic acids is 1. The molecule has 0 bridgehead atoms. The van der Waals surface area contributed by atoms with Crippen LogP contribution in [-0.2, 0) is 16.4 Å². The fourth-order valence-electron chi connectivity index (χ4n) is 3.32.